The van der Waals surface area contributed by atoms with Crippen molar-refractivity contribution in [2.45, 2.75) is 18.9 Å². The molecule has 5 heteroatoms. The van der Waals surface area contributed by atoms with Crippen LogP contribution in [0, 0.1) is 11.8 Å². The van der Waals surface area contributed by atoms with Gasteiger partial charge in [0.15, 0.2) is 0 Å². The number of allylic oxidation sites excluding steroid dienone is 2. The number of amides is 1. The maximum absolute atomic E-state index is 12.3. The van der Waals surface area contributed by atoms with Gasteiger partial charge < -0.3 is 15.5 Å². The second-order valence-electron chi connectivity index (χ2n) is 5.15. The molecule has 112 valence electrons. The number of aliphatic hydroxyl groups excluding tert-OH is 1. The third-order valence-electron chi connectivity index (χ3n) is 3.79. The standard InChI is InChI=1S/C16H19NO4/c18-10-14(11-6-2-1-3-7-11)17-15(19)12-8-4-5-9-13(12)16(20)21/h1-7,12-14,18H,8-10H2,(H,17,19)(H,20,21)/t12-,13+,14+/m1/s1. The lowest BCUT2D eigenvalue weighted by molar-refractivity contribution is -0.147. The Balaban J connectivity index is 2.08. The Kier molecular flexibility index (Phi) is 5.11. The van der Waals surface area contributed by atoms with Gasteiger partial charge in [0.25, 0.3) is 0 Å². The molecule has 1 aromatic rings. The van der Waals surface area contributed by atoms with Crippen LogP contribution in [0.4, 0.5) is 0 Å². The molecule has 0 aliphatic heterocycles. The SMILES string of the molecule is O=C(O)[C@H]1CC=CC[C@H]1C(=O)N[C@@H](CO)c1ccccc1. The number of carboxylic acid groups (broad SMARTS) is 1. The molecule has 0 fully saturated rings. The summed E-state index contributed by atoms with van der Waals surface area (Å²) in [6, 6.07) is 8.62. The second kappa shape index (κ2) is 7.04. The molecule has 5 nitrogen and oxygen atoms in total. The van der Waals surface area contributed by atoms with E-state index in [9.17, 15) is 19.8 Å². The van der Waals surface area contributed by atoms with Crippen LogP contribution in [-0.4, -0.2) is 28.7 Å². The summed E-state index contributed by atoms with van der Waals surface area (Å²) in [7, 11) is 0. The molecule has 0 aromatic heterocycles. The lowest BCUT2D eigenvalue weighted by Crippen LogP contribution is -2.41. The maximum atomic E-state index is 12.3. The molecule has 1 aliphatic carbocycles. The van der Waals surface area contributed by atoms with Gasteiger partial charge >= 0.3 is 5.97 Å². The number of rotatable bonds is 5. The van der Waals surface area contributed by atoms with Gasteiger partial charge in [0.2, 0.25) is 5.91 Å². The van der Waals surface area contributed by atoms with E-state index in [1.807, 2.05) is 36.4 Å². The average molecular weight is 289 g/mol. The van der Waals surface area contributed by atoms with E-state index in [1.54, 1.807) is 6.08 Å². The van der Waals surface area contributed by atoms with Gasteiger partial charge in [0, 0.05) is 0 Å². The Morgan fingerprint density at radius 1 is 1.14 bits per heavy atom. The number of hydrogen-bond acceptors (Lipinski definition) is 3. The number of carboxylic acids is 1. The van der Waals surface area contributed by atoms with Gasteiger partial charge in [-0.3, -0.25) is 9.59 Å². The summed E-state index contributed by atoms with van der Waals surface area (Å²) < 4.78 is 0. The fourth-order valence-electron chi connectivity index (χ4n) is 2.58. The Hall–Kier alpha value is -2.14. The number of aliphatic hydroxyl groups is 1. The quantitative estimate of drug-likeness (QED) is 0.717. The van der Waals surface area contributed by atoms with Crippen LogP contribution < -0.4 is 5.32 Å². The van der Waals surface area contributed by atoms with Crippen molar-refractivity contribution in [3.05, 3.63) is 48.0 Å². The van der Waals surface area contributed by atoms with Crippen molar-refractivity contribution < 1.29 is 19.8 Å². The molecule has 2 rings (SSSR count). The first-order chi connectivity index (χ1) is 10.1. The molecule has 1 amide bonds. The predicted molar refractivity (Wildman–Crippen MR) is 77.4 cm³/mol. The number of carbonyl (C=O) groups excluding carboxylic acids is 1. The van der Waals surface area contributed by atoms with Crippen LogP contribution >= 0.6 is 0 Å². The second-order valence-corrected chi connectivity index (χ2v) is 5.15. The Morgan fingerprint density at radius 3 is 2.33 bits per heavy atom. The van der Waals surface area contributed by atoms with Gasteiger partial charge in [0.1, 0.15) is 0 Å². The minimum atomic E-state index is -0.959. The van der Waals surface area contributed by atoms with Crippen molar-refractivity contribution >= 4 is 11.9 Å². The van der Waals surface area contributed by atoms with E-state index in [2.05, 4.69) is 5.32 Å². The van der Waals surface area contributed by atoms with Crippen molar-refractivity contribution in [1.29, 1.82) is 0 Å². The number of carbonyl (C=O) groups is 2. The first-order valence-corrected chi connectivity index (χ1v) is 6.97. The normalized spacial score (nSPS) is 22.5. The van der Waals surface area contributed by atoms with Crippen LogP contribution in [0.3, 0.4) is 0 Å². The van der Waals surface area contributed by atoms with E-state index in [4.69, 9.17) is 0 Å². The molecule has 0 bridgehead atoms. The van der Waals surface area contributed by atoms with Gasteiger partial charge in [0.05, 0.1) is 24.5 Å². The fraction of sp³-hybridized carbons (Fsp3) is 0.375. The summed E-state index contributed by atoms with van der Waals surface area (Å²) in [5.74, 6) is -2.58. The first-order valence-electron chi connectivity index (χ1n) is 6.97. The molecule has 21 heavy (non-hydrogen) atoms. The van der Waals surface area contributed by atoms with Gasteiger partial charge in [-0.15, -0.1) is 0 Å². The monoisotopic (exact) mass is 289 g/mol. The Labute approximate surface area is 123 Å². The molecule has 0 saturated carbocycles. The van der Waals surface area contributed by atoms with Crippen molar-refractivity contribution in [2.75, 3.05) is 6.61 Å². The molecule has 3 atom stereocenters. The lowest BCUT2D eigenvalue weighted by Gasteiger charge is -2.26. The topological polar surface area (TPSA) is 86.6 Å². The summed E-state index contributed by atoms with van der Waals surface area (Å²) in [5.41, 5.74) is 0.798. The third kappa shape index (κ3) is 3.70. The molecule has 3 N–H and O–H groups in total. The molecule has 0 saturated heterocycles. The smallest absolute Gasteiger partial charge is 0.307 e. The summed E-state index contributed by atoms with van der Waals surface area (Å²) in [4.78, 5) is 23.6. The van der Waals surface area contributed by atoms with Crippen LogP contribution in [0.25, 0.3) is 0 Å². The highest BCUT2D eigenvalue weighted by atomic mass is 16.4. The molecular weight excluding hydrogens is 270 g/mol. The van der Waals surface area contributed by atoms with E-state index in [0.29, 0.717) is 12.8 Å². The Bertz CT molecular complexity index is 526. The zero-order valence-electron chi connectivity index (χ0n) is 11.6. The van der Waals surface area contributed by atoms with Crippen molar-refractivity contribution in [3.63, 3.8) is 0 Å². The third-order valence-corrected chi connectivity index (χ3v) is 3.79. The van der Waals surface area contributed by atoms with E-state index in [-0.39, 0.29) is 12.5 Å². The summed E-state index contributed by atoms with van der Waals surface area (Å²) in [6.07, 6.45) is 4.40. The summed E-state index contributed by atoms with van der Waals surface area (Å²) >= 11 is 0. The van der Waals surface area contributed by atoms with Crippen molar-refractivity contribution in [1.82, 2.24) is 5.32 Å². The molecule has 0 spiro atoms. The molecule has 1 aliphatic rings. The molecule has 0 radical (unpaired) electrons. The van der Waals surface area contributed by atoms with Crippen LogP contribution in [-0.2, 0) is 9.59 Å². The van der Waals surface area contributed by atoms with Crippen molar-refractivity contribution in [3.8, 4) is 0 Å². The highest BCUT2D eigenvalue weighted by Gasteiger charge is 2.34. The van der Waals surface area contributed by atoms with E-state index in [1.165, 1.54) is 0 Å². The largest absolute Gasteiger partial charge is 0.481 e. The number of nitrogens with one attached hydrogen (secondary N) is 1. The zero-order chi connectivity index (χ0) is 15.2. The lowest BCUT2D eigenvalue weighted by atomic mass is 9.82. The van der Waals surface area contributed by atoms with E-state index >= 15 is 0 Å². The van der Waals surface area contributed by atoms with Gasteiger partial charge in [-0.25, -0.2) is 0 Å². The maximum Gasteiger partial charge on any atom is 0.307 e. The van der Waals surface area contributed by atoms with Crippen LogP contribution in [0.1, 0.15) is 24.4 Å². The van der Waals surface area contributed by atoms with Crippen LogP contribution in [0.15, 0.2) is 42.5 Å². The molecule has 0 heterocycles. The highest BCUT2D eigenvalue weighted by Crippen LogP contribution is 2.27. The number of aliphatic carboxylic acids is 1. The highest BCUT2D eigenvalue weighted by molar-refractivity contribution is 5.85. The average Bonchev–Trinajstić information content (AvgIpc) is 2.53. The number of benzene rings is 1. The fourth-order valence-corrected chi connectivity index (χ4v) is 2.58. The molecule has 0 unspecified atom stereocenters. The van der Waals surface area contributed by atoms with E-state index < -0.39 is 23.8 Å². The summed E-state index contributed by atoms with van der Waals surface area (Å²) in [5, 5.41) is 21.4. The van der Waals surface area contributed by atoms with Crippen LogP contribution in [0.5, 0.6) is 0 Å². The van der Waals surface area contributed by atoms with E-state index in [0.717, 1.165) is 5.56 Å². The van der Waals surface area contributed by atoms with Crippen molar-refractivity contribution in [2.24, 2.45) is 11.8 Å². The number of hydrogen-bond donors (Lipinski definition) is 3. The minimum absolute atomic E-state index is 0.226. The van der Waals surface area contributed by atoms with Crippen LogP contribution in [0.2, 0.25) is 0 Å². The predicted octanol–water partition coefficient (Wildman–Crippen LogP) is 1.50. The van der Waals surface area contributed by atoms with Gasteiger partial charge in [-0.05, 0) is 18.4 Å². The molecular formula is C16H19NO4. The van der Waals surface area contributed by atoms with Gasteiger partial charge in [-0.2, -0.15) is 0 Å². The zero-order valence-corrected chi connectivity index (χ0v) is 11.6. The molecule has 1 aromatic carbocycles. The van der Waals surface area contributed by atoms with Gasteiger partial charge in [-0.1, -0.05) is 42.5 Å². The first kappa shape index (κ1) is 15.3. The summed E-state index contributed by atoms with van der Waals surface area (Å²) in [6.45, 7) is -0.226. The Morgan fingerprint density at radius 2 is 1.76 bits per heavy atom. The minimum Gasteiger partial charge on any atom is -0.481 e.